The molecule has 33 heavy (non-hydrogen) atoms. The normalized spacial score (nSPS) is 35.9. The quantitative estimate of drug-likeness (QED) is 0.433. The van der Waals surface area contributed by atoms with Gasteiger partial charge in [0.25, 0.3) is 0 Å². The van der Waals surface area contributed by atoms with E-state index >= 15 is 0 Å². The van der Waals surface area contributed by atoms with Gasteiger partial charge in [-0.1, -0.05) is 58.9 Å². The van der Waals surface area contributed by atoms with Crippen molar-refractivity contribution < 1.29 is 20.1 Å². The molecular weight excluding hydrogens is 412 g/mol. The highest BCUT2D eigenvalue weighted by Crippen LogP contribution is 2.62. The lowest BCUT2D eigenvalue weighted by Gasteiger charge is -2.48. The molecule has 0 spiro atoms. The van der Waals surface area contributed by atoms with E-state index in [0.717, 1.165) is 30.4 Å². The number of hydrogen-bond donors (Lipinski definition) is 3. The first-order valence-corrected chi connectivity index (χ1v) is 13.2. The van der Waals surface area contributed by atoms with Crippen molar-refractivity contribution in [2.24, 2.45) is 22.7 Å². The van der Waals surface area contributed by atoms with Crippen LogP contribution in [0.2, 0.25) is 0 Å². The second-order valence-corrected chi connectivity index (χ2v) is 12.0. The van der Waals surface area contributed by atoms with Gasteiger partial charge < -0.3 is 20.1 Å². The third-order valence-corrected chi connectivity index (χ3v) is 9.33. The first-order chi connectivity index (χ1) is 15.5. The number of rotatable bonds is 8. The molecule has 0 radical (unpaired) electrons. The summed E-state index contributed by atoms with van der Waals surface area (Å²) < 4.78 is 6.14. The third kappa shape index (κ3) is 5.66. The minimum atomic E-state index is -0.712. The summed E-state index contributed by atoms with van der Waals surface area (Å²) in [6.07, 6.45) is 11.7. The number of ether oxygens (including phenoxy) is 1. The molecule has 0 heterocycles. The lowest BCUT2D eigenvalue weighted by atomic mass is 9.58. The van der Waals surface area contributed by atoms with E-state index in [1.54, 1.807) is 0 Å². The summed E-state index contributed by atoms with van der Waals surface area (Å²) in [6, 6.07) is 0. The molecule has 5 atom stereocenters. The van der Waals surface area contributed by atoms with E-state index in [2.05, 4.69) is 39.5 Å². The Balaban J connectivity index is 1.73. The molecule has 188 valence electrons. The Morgan fingerprint density at radius 3 is 2.48 bits per heavy atom. The summed E-state index contributed by atoms with van der Waals surface area (Å²) in [4.78, 5) is 0. The number of fused-ring (bicyclic) bond motifs is 1. The van der Waals surface area contributed by atoms with Crippen molar-refractivity contribution in [3.8, 4) is 0 Å². The van der Waals surface area contributed by atoms with Crippen LogP contribution in [0.4, 0.5) is 0 Å². The topological polar surface area (TPSA) is 69.9 Å². The first-order valence-electron chi connectivity index (χ1n) is 13.2. The van der Waals surface area contributed by atoms with Crippen LogP contribution in [0.15, 0.2) is 35.5 Å². The van der Waals surface area contributed by atoms with Gasteiger partial charge in [-0.2, -0.15) is 0 Å². The van der Waals surface area contributed by atoms with Gasteiger partial charge in [-0.05, 0) is 85.2 Å². The van der Waals surface area contributed by atoms with Crippen molar-refractivity contribution in [3.63, 3.8) is 0 Å². The summed E-state index contributed by atoms with van der Waals surface area (Å²) in [6.45, 7) is 16.4. The van der Waals surface area contributed by atoms with Crippen LogP contribution in [0, 0.1) is 22.7 Å². The third-order valence-electron chi connectivity index (χ3n) is 9.33. The summed E-state index contributed by atoms with van der Waals surface area (Å²) in [5.74, 6) is 1.15. The van der Waals surface area contributed by atoms with E-state index in [-0.39, 0.29) is 10.8 Å². The summed E-state index contributed by atoms with van der Waals surface area (Å²) in [5.41, 5.74) is 2.87. The average Bonchev–Trinajstić information content (AvgIpc) is 3.13. The van der Waals surface area contributed by atoms with Gasteiger partial charge in [0, 0.05) is 6.42 Å². The van der Waals surface area contributed by atoms with E-state index in [9.17, 15) is 15.3 Å². The van der Waals surface area contributed by atoms with Gasteiger partial charge in [-0.15, -0.1) is 0 Å². The minimum Gasteiger partial charge on any atom is -0.393 e. The molecular formula is C29H48O4. The molecule has 3 aliphatic rings. The summed E-state index contributed by atoms with van der Waals surface area (Å²) in [7, 11) is 0. The summed E-state index contributed by atoms with van der Waals surface area (Å²) >= 11 is 0. The van der Waals surface area contributed by atoms with Gasteiger partial charge in [-0.3, -0.25) is 0 Å². The van der Waals surface area contributed by atoms with E-state index in [1.807, 2.05) is 13.8 Å². The maximum Gasteiger partial charge on any atom is 0.0874 e. The second kappa shape index (κ2) is 10.4. The fourth-order valence-electron chi connectivity index (χ4n) is 7.05. The van der Waals surface area contributed by atoms with Crippen molar-refractivity contribution in [2.75, 3.05) is 13.2 Å². The number of hydrogen-bond acceptors (Lipinski definition) is 4. The molecule has 0 amide bonds. The second-order valence-electron chi connectivity index (χ2n) is 12.0. The maximum absolute atomic E-state index is 10.6. The Kier molecular flexibility index (Phi) is 8.37. The zero-order valence-corrected chi connectivity index (χ0v) is 21.7. The van der Waals surface area contributed by atoms with Gasteiger partial charge in [0.15, 0.2) is 0 Å². The van der Waals surface area contributed by atoms with Gasteiger partial charge in [0.1, 0.15) is 0 Å². The fourth-order valence-corrected chi connectivity index (χ4v) is 7.05. The zero-order chi connectivity index (χ0) is 24.4. The fraction of sp³-hybridized carbons (Fsp3) is 0.793. The molecule has 3 N–H and O–H groups in total. The van der Waals surface area contributed by atoms with Crippen LogP contribution in [0.25, 0.3) is 0 Å². The predicted octanol–water partition coefficient (Wildman–Crippen LogP) is 5.72. The van der Waals surface area contributed by atoms with E-state index in [4.69, 9.17) is 4.74 Å². The molecule has 4 nitrogen and oxygen atoms in total. The largest absolute Gasteiger partial charge is 0.393 e. The molecule has 1 unspecified atom stereocenters. The van der Waals surface area contributed by atoms with Crippen molar-refractivity contribution >= 4 is 0 Å². The highest BCUT2D eigenvalue weighted by atomic mass is 16.5. The minimum absolute atomic E-state index is 0.0542. The van der Waals surface area contributed by atoms with Crippen LogP contribution in [0.3, 0.4) is 0 Å². The lowest BCUT2D eigenvalue weighted by molar-refractivity contribution is -0.0863. The first kappa shape index (κ1) is 26.7. The molecule has 0 aromatic rings. The highest BCUT2D eigenvalue weighted by Gasteiger charge is 2.54. The van der Waals surface area contributed by atoms with Crippen molar-refractivity contribution in [1.82, 2.24) is 0 Å². The van der Waals surface area contributed by atoms with Crippen molar-refractivity contribution in [1.29, 1.82) is 0 Å². The van der Waals surface area contributed by atoms with Gasteiger partial charge in [0.05, 0.1) is 31.0 Å². The maximum atomic E-state index is 10.6. The molecule has 3 fully saturated rings. The Bertz CT molecular complexity index is 760. The van der Waals surface area contributed by atoms with Crippen molar-refractivity contribution in [3.05, 3.63) is 35.5 Å². The Labute approximate surface area is 201 Å². The molecule has 0 saturated heterocycles. The molecule has 3 aliphatic carbocycles. The smallest absolute Gasteiger partial charge is 0.0874 e. The number of aliphatic hydroxyl groups excluding tert-OH is 2. The molecule has 3 rings (SSSR count). The number of allylic oxidation sites excluding steroid dienone is 3. The van der Waals surface area contributed by atoms with Gasteiger partial charge >= 0.3 is 0 Å². The van der Waals surface area contributed by atoms with Crippen LogP contribution in [-0.4, -0.2) is 46.3 Å². The van der Waals surface area contributed by atoms with Crippen LogP contribution in [0.1, 0.15) is 92.4 Å². The van der Waals surface area contributed by atoms with Crippen LogP contribution < -0.4 is 0 Å². The lowest BCUT2D eigenvalue weighted by Crippen LogP contribution is -2.43. The molecule has 0 aromatic carbocycles. The van der Waals surface area contributed by atoms with Gasteiger partial charge in [0.2, 0.25) is 0 Å². The molecule has 3 saturated carbocycles. The van der Waals surface area contributed by atoms with Crippen LogP contribution >= 0.6 is 0 Å². The molecule has 4 heteroatoms. The monoisotopic (exact) mass is 460 g/mol. The highest BCUT2D eigenvalue weighted by molar-refractivity contribution is 5.38. The Hall–Kier alpha value is -0.940. The van der Waals surface area contributed by atoms with Gasteiger partial charge in [-0.25, -0.2) is 0 Å². The molecule has 0 aliphatic heterocycles. The number of aliphatic hydroxyl groups is 3. The standard InChI is InChI=1S/C29H48O4/c1-7-29(32,8-2)19-33-18-27(4,5)26-14-13-24-21(10-9-15-28(24,26)6)11-12-22-16-23(30)17-25(31)20(22)3/h11-12,23-26,30-32H,3,7-10,13-19H2,1-2,4-6H3/b21-11?,22-12-/t23-,24?,25-,26-,28+/m1/s1. The van der Waals surface area contributed by atoms with E-state index < -0.39 is 17.8 Å². The van der Waals surface area contributed by atoms with Crippen LogP contribution in [-0.2, 0) is 4.74 Å². The predicted molar refractivity (Wildman–Crippen MR) is 135 cm³/mol. The Morgan fingerprint density at radius 1 is 1.12 bits per heavy atom. The van der Waals surface area contributed by atoms with E-state index in [1.165, 1.54) is 31.3 Å². The summed E-state index contributed by atoms with van der Waals surface area (Å²) in [5, 5.41) is 30.9. The van der Waals surface area contributed by atoms with E-state index in [0.29, 0.717) is 37.9 Å². The van der Waals surface area contributed by atoms with Crippen LogP contribution in [0.5, 0.6) is 0 Å². The molecule has 0 aromatic heterocycles. The SMILES string of the molecule is C=C1/C(=C\C=C2CCC[C@@]3(C)C2CC[C@@H]3C(C)(C)COCC(O)(CC)CC)C[C@@H](O)C[C@H]1O. The molecule has 0 bridgehead atoms. The average molecular weight is 461 g/mol. The van der Waals surface area contributed by atoms with Crippen molar-refractivity contribution in [2.45, 2.75) is 110 Å². The zero-order valence-electron chi connectivity index (χ0n) is 21.7. The Morgan fingerprint density at radius 2 is 1.82 bits per heavy atom.